The smallest absolute Gasteiger partial charge is 0.233 e. The Kier molecular flexibility index (Phi) is 5.34. The number of piperidine rings is 1. The summed E-state index contributed by atoms with van der Waals surface area (Å²) in [5.41, 5.74) is 5.81. The summed E-state index contributed by atoms with van der Waals surface area (Å²) in [4.78, 5) is 25.7. The van der Waals surface area contributed by atoms with Crippen LogP contribution in [0, 0.1) is 11.7 Å². The Morgan fingerprint density at radius 1 is 1.21 bits per heavy atom. The first kappa shape index (κ1) is 18.9. The molecule has 1 saturated heterocycles. The molecule has 0 spiro atoms. The maximum atomic E-state index is 14.2. The van der Waals surface area contributed by atoms with Gasteiger partial charge >= 0.3 is 0 Å². The molecular weight excluding hydrogens is 381 g/mol. The summed E-state index contributed by atoms with van der Waals surface area (Å²) in [6.45, 7) is 1.02. The zero-order chi connectivity index (χ0) is 19.7. The van der Waals surface area contributed by atoms with Gasteiger partial charge < -0.3 is 10.6 Å². The van der Waals surface area contributed by atoms with Gasteiger partial charge in [-0.15, -0.1) is 10.2 Å². The Labute approximate surface area is 166 Å². The average molecular weight is 403 g/mol. The third kappa shape index (κ3) is 3.89. The van der Waals surface area contributed by atoms with Gasteiger partial charge in [0.1, 0.15) is 5.82 Å². The van der Waals surface area contributed by atoms with Crippen molar-refractivity contribution in [3.63, 3.8) is 0 Å². The first-order valence-electron chi connectivity index (χ1n) is 9.44. The van der Waals surface area contributed by atoms with Crippen molar-refractivity contribution in [1.29, 1.82) is 0 Å². The third-order valence-electron chi connectivity index (χ3n) is 5.19. The van der Waals surface area contributed by atoms with E-state index in [1.165, 1.54) is 17.8 Å². The van der Waals surface area contributed by atoms with E-state index >= 15 is 0 Å². The average Bonchev–Trinajstić information content (AvgIpc) is 3.46. The van der Waals surface area contributed by atoms with E-state index in [0.717, 1.165) is 25.7 Å². The van der Waals surface area contributed by atoms with Crippen molar-refractivity contribution in [1.82, 2.24) is 19.7 Å². The largest absolute Gasteiger partial charge is 0.369 e. The van der Waals surface area contributed by atoms with Crippen LogP contribution in [-0.4, -0.2) is 50.3 Å². The number of hydrogen-bond acceptors (Lipinski definition) is 5. The van der Waals surface area contributed by atoms with Crippen LogP contribution in [0.1, 0.15) is 31.7 Å². The van der Waals surface area contributed by atoms with Gasteiger partial charge in [0.05, 0.1) is 17.2 Å². The number of carbonyl (C=O) groups excluding carboxylic acids is 2. The fourth-order valence-corrected chi connectivity index (χ4v) is 4.43. The SMILES string of the molecule is NC(=O)C1CCCN(C(=O)CSc2nnc(-c3ccccc3F)n2C2CC2)C1. The number of thioether (sulfide) groups is 1. The molecule has 1 aromatic carbocycles. The minimum absolute atomic E-state index is 0.0475. The number of carbonyl (C=O) groups is 2. The lowest BCUT2D eigenvalue weighted by atomic mass is 9.97. The van der Waals surface area contributed by atoms with E-state index in [4.69, 9.17) is 5.73 Å². The Hall–Kier alpha value is -2.42. The van der Waals surface area contributed by atoms with Crippen LogP contribution in [0.5, 0.6) is 0 Å². The zero-order valence-electron chi connectivity index (χ0n) is 15.4. The first-order valence-corrected chi connectivity index (χ1v) is 10.4. The molecule has 1 aromatic heterocycles. The molecule has 2 fully saturated rings. The number of rotatable bonds is 6. The molecule has 0 radical (unpaired) electrons. The van der Waals surface area contributed by atoms with Crippen LogP contribution in [-0.2, 0) is 9.59 Å². The number of benzene rings is 1. The molecule has 28 heavy (non-hydrogen) atoms. The molecule has 7 nitrogen and oxygen atoms in total. The molecule has 1 unspecified atom stereocenters. The predicted molar refractivity (Wildman–Crippen MR) is 103 cm³/mol. The molecule has 1 aliphatic heterocycles. The monoisotopic (exact) mass is 403 g/mol. The maximum absolute atomic E-state index is 14.2. The number of nitrogens with zero attached hydrogens (tertiary/aromatic N) is 4. The van der Waals surface area contributed by atoms with Crippen molar-refractivity contribution < 1.29 is 14.0 Å². The van der Waals surface area contributed by atoms with Crippen LogP contribution < -0.4 is 5.73 Å². The molecule has 2 N–H and O–H groups in total. The molecule has 148 valence electrons. The number of halogens is 1. The fourth-order valence-electron chi connectivity index (χ4n) is 3.52. The highest BCUT2D eigenvalue weighted by Crippen LogP contribution is 2.41. The number of amides is 2. The molecule has 2 heterocycles. The van der Waals surface area contributed by atoms with Crippen molar-refractivity contribution in [3.8, 4) is 11.4 Å². The molecule has 1 atom stereocenters. The number of hydrogen-bond donors (Lipinski definition) is 1. The summed E-state index contributed by atoms with van der Waals surface area (Å²) in [6, 6.07) is 6.75. The van der Waals surface area contributed by atoms with Gasteiger partial charge in [0.25, 0.3) is 0 Å². The second kappa shape index (κ2) is 7.90. The summed E-state index contributed by atoms with van der Waals surface area (Å²) in [6.07, 6.45) is 3.49. The lowest BCUT2D eigenvalue weighted by molar-refractivity contribution is -0.132. The molecule has 2 amide bonds. The molecular formula is C19H22FN5O2S. The highest BCUT2D eigenvalue weighted by atomic mass is 32.2. The van der Waals surface area contributed by atoms with E-state index < -0.39 is 0 Å². The lowest BCUT2D eigenvalue weighted by Gasteiger charge is -2.31. The van der Waals surface area contributed by atoms with E-state index in [2.05, 4.69) is 10.2 Å². The normalized spacial score (nSPS) is 19.6. The third-order valence-corrected chi connectivity index (χ3v) is 6.12. The highest BCUT2D eigenvalue weighted by molar-refractivity contribution is 7.99. The van der Waals surface area contributed by atoms with Gasteiger partial charge in [0.15, 0.2) is 11.0 Å². The lowest BCUT2D eigenvalue weighted by Crippen LogP contribution is -2.44. The number of aromatic nitrogens is 3. The standard InChI is InChI=1S/C19H22FN5O2S/c20-15-6-2-1-5-14(15)18-22-23-19(25(18)13-7-8-13)28-11-16(26)24-9-3-4-12(10-24)17(21)27/h1-2,5-6,12-13H,3-4,7-11H2,(H2,21,27). The second-order valence-corrected chi connectivity index (χ2v) is 8.20. The fraction of sp³-hybridized carbons (Fsp3) is 0.474. The van der Waals surface area contributed by atoms with Crippen LogP contribution in [0.3, 0.4) is 0 Å². The van der Waals surface area contributed by atoms with E-state index in [-0.39, 0.29) is 35.3 Å². The minimum atomic E-state index is -0.354. The van der Waals surface area contributed by atoms with E-state index in [1.807, 2.05) is 4.57 Å². The topological polar surface area (TPSA) is 94.1 Å². The van der Waals surface area contributed by atoms with Gasteiger partial charge in [0, 0.05) is 19.1 Å². The van der Waals surface area contributed by atoms with Crippen LogP contribution in [0.2, 0.25) is 0 Å². The summed E-state index contributed by atoms with van der Waals surface area (Å²) in [7, 11) is 0. The summed E-state index contributed by atoms with van der Waals surface area (Å²) in [5.74, 6) is -0.307. The maximum Gasteiger partial charge on any atom is 0.233 e. The molecule has 9 heteroatoms. The molecule has 0 bridgehead atoms. The highest BCUT2D eigenvalue weighted by Gasteiger charge is 2.32. The van der Waals surface area contributed by atoms with Gasteiger partial charge in [-0.25, -0.2) is 4.39 Å². The predicted octanol–water partition coefficient (Wildman–Crippen LogP) is 2.24. The molecule has 1 aliphatic carbocycles. The summed E-state index contributed by atoms with van der Waals surface area (Å²) >= 11 is 1.31. The molecule has 2 aliphatic rings. The van der Waals surface area contributed by atoms with Crippen LogP contribution in [0.25, 0.3) is 11.4 Å². The van der Waals surface area contributed by atoms with Crippen LogP contribution in [0.15, 0.2) is 29.4 Å². The van der Waals surface area contributed by atoms with Crippen molar-refractivity contribution in [3.05, 3.63) is 30.1 Å². The molecule has 2 aromatic rings. The second-order valence-electron chi connectivity index (χ2n) is 7.26. The molecule has 4 rings (SSSR count). The minimum Gasteiger partial charge on any atom is -0.369 e. The van der Waals surface area contributed by atoms with E-state index in [9.17, 15) is 14.0 Å². The van der Waals surface area contributed by atoms with Gasteiger partial charge in [-0.3, -0.25) is 14.2 Å². The Bertz CT molecular complexity index is 898. The van der Waals surface area contributed by atoms with Crippen molar-refractivity contribution in [2.45, 2.75) is 36.9 Å². The van der Waals surface area contributed by atoms with Crippen molar-refractivity contribution in [2.24, 2.45) is 11.7 Å². The first-order chi connectivity index (χ1) is 13.5. The van der Waals surface area contributed by atoms with E-state index in [0.29, 0.717) is 29.6 Å². The van der Waals surface area contributed by atoms with Crippen molar-refractivity contribution in [2.75, 3.05) is 18.8 Å². The number of nitrogens with two attached hydrogens (primary N) is 1. The van der Waals surface area contributed by atoms with Crippen LogP contribution in [0.4, 0.5) is 4.39 Å². The summed E-state index contributed by atoms with van der Waals surface area (Å²) < 4.78 is 16.2. The zero-order valence-corrected chi connectivity index (χ0v) is 16.2. The quantitative estimate of drug-likeness (QED) is 0.747. The number of likely N-dealkylation sites (tertiary alicyclic amines) is 1. The molecule has 1 saturated carbocycles. The Balaban J connectivity index is 1.48. The van der Waals surface area contributed by atoms with E-state index in [1.54, 1.807) is 23.1 Å². The number of primary amides is 1. The van der Waals surface area contributed by atoms with Crippen molar-refractivity contribution >= 4 is 23.6 Å². The summed E-state index contributed by atoms with van der Waals surface area (Å²) in [5, 5.41) is 9.04. The Morgan fingerprint density at radius 3 is 2.71 bits per heavy atom. The van der Waals surface area contributed by atoms with Gasteiger partial charge in [-0.05, 0) is 37.8 Å². The van der Waals surface area contributed by atoms with Crippen LogP contribution >= 0.6 is 11.8 Å². The van der Waals surface area contributed by atoms with Gasteiger partial charge in [-0.1, -0.05) is 23.9 Å². The van der Waals surface area contributed by atoms with Gasteiger partial charge in [-0.2, -0.15) is 0 Å². The van der Waals surface area contributed by atoms with Gasteiger partial charge in [0.2, 0.25) is 11.8 Å². The Morgan fingerprint density at radius 2 is 2.00 bits per heavy atom.